The summed E-state index contributed by atoms with van der Waals surface area (Å²) >= 11 is 1.88. The van der Waals surface area contributed by atoms with E-state index < -0.39 is 0 Å². The number of thiophene rings is 1. The standard InChI is InChI=1S/C54H35NS/c1-3-14-36(15-4-1)52-35-41(29-31-49(52)45-25-13-24-44-47-30-28-37-16-7-8-21-42(37)46(47)32-33-48(44)45)55(39-18-5-2-6-19-39)40-20-11-17-38(34-40)43-23-12-26-51-50-22-9-10-27-53(50)56-54(43)51/h1-35H. The first-order chi connectivity index (χ1) is 27.8. The predicted molar refractivity (Wildman–Crippen MR) is 243 cm³/mol. The Labute approximate surface area is 330 Å². The third-order valence-electron chi connectivity index (χ3n) is 11.3. The van der Waals surface area contributed by atoms with Gasteiger partial charge in [-0.05, 0) is 108 Å². The van der Waals surface area contributed by atoms with Crippen LogP contribution in [0.25, 0.3) is 85.9 Å². The molecule has 0 bridgehead atoms. The summed E-state index contributed by atoms with van der Waals surface area (Å²) in [5.41, 5.74) is 10.6. The summed E-state index contributed by atoms with van der Waals surface area (Å²) in [6, 6.07) is 77.7. The van der Waals surface area contributed by atoms with Crippen LogP contribution in [0.15, 0.2) is 212 Å². The molecule has 1 heterocycles. The third kappa shape index (κ3) is 5.38. The molecular weight excluding hydrogens is 695 g/mol. The molecule has 10 aromatic carbocycles. The minimum Gasteiger partial charge on any atom is -0.310 e. The lowest BCUT2D eigenvalue weighted by Gasteiger charge is -2.27. The molecule has 11 rings (SSSR count). The minimum absolute atomic E-state index is 1.10. The van der Waals surface area contributed by atoms with Crippen molar-refractivity contribution in [1.29, 1.82) is 0 Å². The average Bonchev–Trinajstić information content (AvgIpc) is 3.66. The Bertz CT molecular complexity index is 3250. The van der Waals surface area contributed by atoms with Gasteiger partial charge in [-0.3, -0.25) is 0 Å². The number of benzene rings is 10. The van der Waals surface area contributed by atoms with E-state index in [0.717, 1.165) is 17.1 Å². The highest BCUT2D eigenvalue weighted by Gasteiger charge is 2.19. The number of hydrogen-bond donors (Lipinski definition) is 0. The number of rotatable bonds is 6. The van der Waals surface area contributed by atoms with E-state index in [9.17, 15) is 0 Å². The van der Waals surface area contributed by atoms with Crippen LogP contribution in [-0.2, 0) is 0 Å². The third-order valence-corrected chi connectivity index (χ3v) is 12.5. The Morgan fingerprint density at radius 2 is 0.875 bits per heavy atom. The lowest BCUT2D eigenvalue weighted by atomic mass is 9.89. The molecule has 11 aromatic rings. The molecular formula is C54H35NS. The summed E-state index contributed by atoms with van der Waals surface area (Å²) in [6.45, 7) is 0. The summed E-state index contributed by atoms with van der Waals surface area (Å²) in [7, 11) is 0. The second kappa shape index (κ2) is 13.4. The molecule has 0 saturated heterocycles. The molecule has 0 radical (unpaired) electrons. The van der Waals surface area contributed by atoms with E-state index in [-0.39, 0.29) is 0 Å². The highest BCUT2D eigenvalue weighted by Crippen LogP contribution is 2.45. The van der Waals surface area contributed by atoms with Crippen LogP contribution in [0.5, 0.6) is 0 Å². The van der Waals surface area contributed by atoms with Gasteiger partial charge in [-0.25, -0.2) is 0 Å². The van der Waals surface area contributed by atoms with Crippen LogP contribution in [0.4, 0.5) is 17.1 Å². The summed E-state index contributed by atoms with van der Waals surface area (Å²) in [5.74, 6) is 0. The van der Waals surface area contributed by atoms with Gasteiger partial charge in [-0.1, -0.05) is 170 Å². The van der Waals surface area contributed by atoms with Crippen LogP contribution in [0, 0.1) is 0 Å². The quantitative estimate of drug-likeness (QED) is 0.154. The van der Waals surface area contributed by atoms with Crippen molar-refractivity contribution in [2.75, 3.05) is 4.90 Å². The van der Waals surface area contributed by atoms with E-state index >= 15 is 0 Å². The van der Waals surface area contributed by atoms with Crippen molar-refractivity contribution in [1.82, 2.24) is 0 Å². The van der Waals surface area contributed by atoms with Crippen molar-refractivity contribution < 1.29 is 0 Å². The molecule has 1 aromatic heterocycles. The summed E-state index contributed by atoms with van der Waals surface area (Å²) < 4.78 is 2.64. The molecule has 2 heteroatoms. The first-order valence-corrected chi connectivity index (χ1v) is 20.0. The number of fused-ring (bicyclic) bond motifs is 8. The fourth-order valence-corrected chi connectivity index (χ4v) is 9.90. The lowest BCUT2D eigenvalue weighted by molar-refractivity contribution is 1.28. The zero-order chi connectivity index (χ0) is 37.0. The molecule has 1 nitrogen and oxygen atoms in total. The van der Waals surface area contributed by atoms with Gasteiger partial charge in [-0.15, -0.1) is 11.3 Å². The maximum atomic E-state index is 2.40. The molecule has 0 unspecified atom stereocenters. The smallest absolute Gasteiger partial charge is 0.0468 e. The van der Waals surface area contributed by atoms with Crippen LogP contribution in [0.2, 0.25) is 0 Å². The highest BCUT2D eigenvalue weighted by molar-refractivity contribution is 7.26. The molecule has 0 saturated carbocycles. The first kappa shape index (κ1) is 32.4. The van der Waals surface area contributed by atoms with Crippen LogP contribution in [0.3, 0.4) is 0 Å². The Morgan fingerprint density at radius 1 is 0.286 bits per heavy atom. The van der Waals surface area contributed by atoms with Crippen LogP contribution in [0.1, 0.15) is 0 Å². The molecule has 0 amide bonds. The molecule has 0 aliphatic rings. The maximum Gasteiger partial charge on any atom is 0.0468 e. The van der Waals surface area contributed by atoms with E-state index in [4.69, 9.17) is 0 Å². The average molecular weight is 730 g/mol. The van der Waals surface area contributed by atoms with Gasteiger partial charge in [0.2, 0.25) is 0 Å². The molecule has 56 heavy (non-hydrogen) atoms. The zero-order valence-electron chi connectivity index (χ0n) is 30.6. The van der Waals surface area contributed by atoms with E-state index in [1.165, 1.54) is 85.9 Å². The van der Waals surface area contributed by atoms with E-state index in [2.05, 4.69) is 217 Å². The molecule has 0 aliphatic heterocycles. The van der Waals surface area contributed by atoms with E-state index in [1.807, 2.05) is 11.3 Å². The van der Waals surface area contributed by atoms with Gasteiger partial charge in [-0.2, -0.15) is 0 Å². The molecule has 0 fully saturated rings. The largest absolute Gasteiger partial charge is 0.310 e. The molecule has 0 N–H and O–H groups in total. The van der Waals surface area contributed by atoms with Gasteiger partial charge in [0.25, 0.3) is 0 Å². The van der Waals surface area contributed by atoms with Crippen molar-refractivity contribution in [3.8, 4) is 33.4 Å². The number of nitrogens with zero attached hydrogens (tertiary/aromatic N) is 1. The second-order valence-electron chi connectivity index (χ2n) is 14.4. The Morgan fingerprint density at radius 3 is 1.75 bits per heavy atom. The summed E-state index contributed by atoms with van der Waals surface area (Å²) in [5, 5.41) is 10.3. The fraction of sp³-hybridized carbons (Fsp3) is 0. The van der Waals surface area contributed by atoms with Gasteiger partial charge in [0, 0.05) is 37.2 Å². The molecule has 0 aliphatic carbocycles. The predicted octanol–water partition coefficient (Wildman–Crippen LogP) is 16.0. The SMILES string of the molecule is c1ccc(-c2cc(N(c3ccccc3)c3cccc(-c4cccc5c4sc4ccccc45)c3)ccc2-c2cccc3c2ccc2c4ccccc4ccc32)cc1. The number of para-hydroxylation sites is 1. The monoisotopic (exact) mass is 729 g/mol. The summed E-state index contributed by atoms with van der Waals surface area (Å²) in [6.07, 6.45) is 0. The normalized spacial score (nSPS) is 11.6. The molecule has 262 valence electrons. The van der Waals surface area contributed by atoms with Crippen molar-refractivity contribution in [3.63, 3.8) is 0 Å². The second-order valence-corrected chi connectivity index (χ2v) is 15.5. The van der Waals surface area contributed by atoms with Crippen molar-refractivity contribution in [2.45, 2.75) is 0 Å². The van der Waals surface area contributed by atoms with Crippen LogP contribution < -0.4 is 4.90 Å². The highest BCUT2D eigenvalue weighted by atomic mass is 32.1. The first-order valence-electron chi connectivity index (χ1n) is 19.2. The number of hydrogen-bond acceptors (Lipinski definition) is 2. The van der Waals surface area contributed by atoms with Gasteiger partial charge < -0.3 is 4.90 Å². The van der Waals surface area contributed by atoms with Gasteiger partial charge in [0.1, 0.15) is 0 Å². The van der Waals surface area contributed by atoms with Crippen molar-refractivity contribution in [3.05, 3.63) is 212 Å². The Hall–Kier alpha value is -7.00. The van der Waals surface area contributed by atoms with Gasteiger partial charge >= 0.3 is 0 Å². The van der Waals surface area contributed by atoms with Crippen molar-refractivity contribution >= 4 is 80.9 Å². The topological polar surface area (TPSA) is 3.24 Å². The summed E-state index contributed by atoms with van der Waals surface area (Å²) in [4.78, 5) is 2.40. The van der Waals surface area contributed by atoms with E-state index in [1.54, 1.807) is 0 Å². The van der Waals surface area contributed by atoms with E-state index in [0.29, 0.717) is 0 Å². The Balaban J connectivity index is 1.10. The fourth-order valence-electron chi connectivity index (χ4n) is 8.67. The van der Waals surface area contributed by atoms with Crippen LogP contribution >= 0.6 is 11.3 Å². The molecule has 0 spiro atoms. The van der Waals surface area contributed by atoms with Gasteiger partial charge in [0.05, 0.1) is 0 Å². The van der Waals surface area contributed by atoms with Crippen molar-refractivity contribution in [2.24, 2.45) is 0 Å². The Kier molecular flexibility index (Phi) is 7.75. The minimum atomic E-state index is 1.10. The molecule has 0 atom stereocenters. The zero-order valence-corrected chi connectivity index (χ0v) is 31.4. The van der Waals surface area contributed by atoms with Gasteiger partial charge in [0.15, 0.2) is 0 Å². The number of anilines is 3. The lowest BCUT2D eigenvalue weighted by Crippen LogP contribution is -2.10. The van der Waals surface area contributed by atoms with Crippen LogP contribution in [-0.4, -0.2) is 0 Å². The maximum absolute atomic E-state index is 2.40.